The first-order chi connectivity index (χ1) is 12.1. The predicted molar refractivity (Wildman–Crippen MR) is 97.9 cm³/mol. The highest BCUT2D eigenvalue weighted by Crippen LogP contribution is 2.19. The molecule has 0 unspecified atom stereocenters. The van der Waals surface area contributed by atoms with E-state index in [-0.39, 0.29) is 5.91 Å². The summed E-state index contributed by atoms with van der Waals surface area (Å²) in [7, 11) is 1.90. The molecule has 1 saturated heterocycles. The van der Waals surface area contributed by atoms with Crippen LogP contribution < -0.4 is 10.2 Å². The molecule has 134 valence electrons. The highest BCUT2D eigenvalue weighted by atomic mass is 16.5. The number of aryl methyl sites for hydroxylation is 1. The second-order valence-electron chi connectivity index (χ2n) is 6.38. The molecule has 1 aliphatic heterocycles. The van der Waals surface area contributed by atoms with Gasteiger partial charge >= 0.3 is 0 Å². The Hall–Kier alpha value is -2.31. The molecular weight excluding hydrogens is 318 g/mol. The second kappa shape index (κ2) is 8.18. The minimum atomic E-state index is -0.0371. The molecule has 0 atom stereocenters. The normalized spacial score (nSPS) is 14.8. The summed E-state index contributed by atoms with van der Waals surface area (Å²) in [6.07, 6.45) is 0. The number of nitrogens with zero attached hydrogens (tertiary/aromatic N) is 2. The van der Waals surface area contributed by atoms with Crippen LogP contribution in [0.4, 0.5) is 11.4 Å². The maximum atomic E-state index is 12.2. The van der Waals surface area contributed by atoms with Crippen LogP contribution in [-0.2, 0) is 16.1 Å². The van der Waals surface area contributed by atoms with Gasteiger partial charge in [-0.2, -0.15) is 0 Å². The molecule has 3 rings (SSSR count). The first-order valence-corrected chi connectivity index (χ1v) is 8.56. The molecule has 0 aliphatic carbocycles. The number of rotatable bonds is 6. The van der Waals surface area contributed by atoms with E-state index in [4.69, 9.17) is 9.15 Å². The van der Waals surface area contributed by atoms with Crippen molar-refractivity contribution < 1.29 is 13.9 Å². The van der Waals surface area contributed by atoms with Crippen LogP contribution in [0, 0.1) is 6.92 Å². The van der Waals surface area contributed by atoms with Gasteiger partial charge in [-0.05, 0) is 50.4 Å². The van der Waals surface area contributed by atoms with Crippen molar-refractivity contribution in [2.45, 2.75) is 13.5 Å². The van der Waals surface area contributed by atoms with Gasteiger partial charge in [0.2, 0.25) is 5.91 Å². The van der Waals surface area contributed by atoms with Crippen molar-refractivity contribution in [1.82, 2.24) is 4.90 Å². The SMILES string of the molecule is Cc1ccc(CN(C)CC(=O)Nc2ccc(N3CCOCC3)cc2)o1. The lowest BCUT2D eigenvalue weighted by Gasteiger charge is -2.28. The zero-order valence-electron chi connectivity index (χ0n) is 14.8. The van der Waals surface area contributed by atoms with Gasteiger partial charge in [-0.1, -0.05) is 0 Å². The van der Waals surface area contributed by atoms with Crippen molar-refractivity contribution in [2.24, 2.45) is 0 Å². The molecule has 25 heavy (non-hydrogen) atoms. The van der Waals surface area contributed by atoms with Crippen molar-refractivity contribution in [2.75, 3.05) is 50.1 Å². The molecule has 6 nitrogen and oxygen atoms in total. The quantitative estimate of drug-likeness (QED) is 0.873. The molecule has 1 aliphatic rings. The first kappa shape index (κ1) is 17.5. The molecule has 2 aromatic rings. The van der Waals surface area contributed by atoms with Crippen LogP contribution >= 0.6 is 0 Å². The number of amides is 1. The minimum Gasteiger partial charge on any atom is -0.465 e. The Bertz CT molecular complexity index is 690. The standard InChI is InChI=1S/C19H25N3O3/c1-15-3-8-18(25-15)13-21(2)14-19(23)20-16-4-6-17(7-5-16)22-9-11-24-12-10-22/h3-8H,9-14H2,1-2H3,(H,20,23). The Balaban J connectivity index is 1.48. The summed E-state index contributed by atoms with van der Waals surface area (Å²) < 4.78 is 10.9. The monoisotopic (exact) mass is 343 g/mol. The molecule has 0 radical (unpaired) electrons. The van der Waals surface area contributed by atoms with Crippen molar-refractivity contribution >= 4 is 17.3 Å². The molecule has 2 heterocycles. The highest BCUT2D eigenvalue weighted by molar-refractivity contribution is 5.92. The fraction of sp³-hybridized carbons (Fsp3) is 0.421. The summed E-state index contributed by atoms with van der Waals surface area (Å²) in [5.41, 5.74) is 1.97. The average molecular weight is 343 g/mol. The third-order valence-electron chi connectivity index (χ3n) is 4.16. The molecule has 1 aromatic carbocycles. The van der Waals surface area contributed by atoms with Crippen LogP contribution in [0.25, 0.3) is 0 Å². The van der Waals surface area contributed by atoms with Crippen LogP contribution in [0.5, 0.6) is 0 Å². The second-order valence-corrected chi connectivity index (χ2v) is 6.38. The number of hydrogen-bond acceptors (Lipinski definition) is 5. The molecule has 1 aromatic heterocycles. The van der Waals surface area contributed by atoms with Gasteiger partial charge in [-0.3, -0.25) is 9.69 Å². The van der Waals surface area contributed by atoms with E-state index >= 15 is 0 Å². The predicted octanol–water partition coefficient (Wildman–Crippen LogP) is 2.50. The van der Waals surface area contributed by atoms with Crippen LogP contribution in [0.1, 0.15) is 11.5 Å². The van der Waals surface area contributed by atoms with Gasteiger partial charge in [0.25, 0.3) is 0 Å². The van der Waals surface area contributed by atoms with E-state index in [0.29, 0.717) is 13.1 Å². The van der Waals surface area contributed by atoms with Gasteiger partial charge in [0.1, 0.15) is 11.5 Å². The fourth-order valence-electron chi connectivity index (χ4n) is 2.91. The number of ether oxygens (including phenoxy) is 1. The van der Waals surface area contributed by atoms with E-state index in [1.54, 1.807) is 0 Å². The lowest BCUT2D eigenvalue weighted by Crippen LogP contribution is -2.36. The van der Waals surface area contributed by atoms with Crippen molar-refractivity contribution in [3.63, 3.8) is 0 Å². The van der Waals surface area contributed by atoms with Gasteiger partial charge in [0.15, 0.2) is 0 Å². The molecule has 1 amide bonds. The van der Waals surface area contributed by atoms with Gasteiger partial charge in [-0.15, -0.1) is 0 Å². The topological polar surface area (TPSA) is 58.0 Å². The summed E-state index contributed by atoms with van der Waals surface area (Å²) in [5, 5.41) is 2.94. The molecule has 0 spiro atoms. The fourth-order valence-corrected chi connectivity index (χ4v) is 2.91. The number of carbonyl (C=O) groups is 1. The average Bonchev–Trinajstić information content (AvgIpc) is 3.01. The van der Waals surface area contributed by atoms with Gasteiger partial charge in [0, 0.05) is 24.5 Å². The van der Waals surface area contributed by atoms with Gasteiger partial charge in [-0.25, -0.2) is 0 Å². The highest BCUT2D eigenvalue weighted by Gasteiger charge is 2.12. The van der Waals surface area contributed by atoms with E-state index < -0.39 is 0 Å². The number of anilines is 2. The van der Waals surface area contributed by atoms with Gasteiger partial charge in [0.05, 0.1) is 26.3 Å². The summed E-state index contributed by atoms with van der Waals surface area (Å²) in [6, 6.07) is 11.8. The lowest BCUT2D eigenvalue weighted by molar-refractivity contribution is -0.117. The number of likely N-dealkylation sites (N-methyl/N-ethyl adjacent to an activating group) is 1. The molecule has 1 N–H and O–H groups in total. The third kappa shape index (κ3) is 5.08. The summed E-state index contributed by atoms with van der Waals surface area (Å²) in [4.78, 5) is 16.4. The van der Waals surface area contributed by atoms with E-state index in [2.05, 4.69) is 10.2 Å². The molecular formula is C19H25N3O3. The summed E-state index contributed by atoms with van der Waals surface area (Å²) >= 11 is 0. The summed E-state index contributed by atoms with van der Waals surface area (Å²) in [5.74, 6) is 1.71. The van der Waals surface area contributed by atoms with Crippen molar-refractivity contribution in [3.8, 4) is 0 Å². The Morgan fingerprint density at radius 3 is 2.52 bits per heavy atom. The van der Waals surface area contributed by atoms with E-state index in [9.17, 15) is 4.79 Å². The zero-order chi connectivity index (χ0) is 17.6. The van der Waals surface area contributed by atoms with Crippen molar-refractivity contribution in [3.05, 3.63) is 47.9 Å². The maximum Gasteiger partial charge on any atom is 0.238 e. The molecule has 0 saturated carbocycles. The lowest BCUT2D eigenvalue weighted by atomic mass is 10.2. The Morgan fingerprint density at radius 1 is 1.16 bits per heavy atom. The zero-order valence-corrected chi connectivity index (χ0v) is 14.8. The van der Waals surface area contributed by atoms with Crippen LogP contribution in [-0.4, -0.2) is 50.7 Å². The maximum absolute atomic E-state index is 12.2. The Morgan fingerprint density at radius 2 is 1.88 bits per heavy atom. The van der Waals surface area contributed by atoms with Crippen LogP contribution in [0.15, 0.2) is 40.8 Å². The number of morpholine rings is 1. The molecule has 1 fully saturated rings. The number of hydrogen-bond donors (Lipinski definition) is 1. The largest absolute Gasteiger partial charge is 0.465 e. The number of furan rings is 1. The number of carbonyl (C=O) groups excluding carboxylic acids is 1. The van der Waals surface area contributed by atoms with Crippen LogP contribution in [0.2, 0.25) is 0 Å². The Kier molecular flexibility index (Phi) is 5.73. The van der Waals surface area contributed by atoms with Crippen molar-refractivity contribution in [1.29, 1.82) is 0 Å². The molecule has 6 heteroatoms. The number of nitrogens with one attached hydrogen (secondary N) is 1. The van der Waals surface area contributed by atoms with E-state index in [1.807, 2.05) is 55.3 Å². The first-order valence-electron chi connectivity index (χ1n) is 8.56. The molecule has 0 bridgehead atoms. The Labute approximate surface area is 148 Å². The smallest absolute Gasteiger partial charge is 0.238 e. The van der Waals surface area contributed by atoms with Crippen LogP contribution in [0.3, 0.4) is 0 Å². The minimum absolute atomic E-state index is 0.0371. The van der Waals surface area contributed by atoms with E-state index in [0.717, 1.165) is 49.2 Å². The summed E-state index contributed by atoms with van der Waals surface area (Å²) in [6.45, 7) is 6.17. The number of benzene rings is 1. The van der Waals surface area contributed by atoms with E-state index in [1.165, 1.54) is 0 Å². The van der Waals surface area contributed by atoms with Gasteiger partial charge < -0.3 is 19.4 Å². The third-order valence-corrected chi connectivity index (χ3v) is 4.16.